The van der Waals surface area contributed by atoms with Crippen LogP contribution in [0.5, 0.6) is 0 Å². The van der Waals surface area contributed by atoms with Crippen molar-refractivity contribution in [3.05, 3.63) is 32.3 Å². The van der Waals surface area contributed by atoms with Crippen LogP contribution in [0.2, 0.25) is 10.0 Å². The number of rotatable bonds is 5. The predicted molar refractivity (Wildman–Crippen MR) is 75.2 cm³/mol. The maximum atomic E-state index is 11.1. The lowest BCUT2D eigenvalue weighted by atomic mass is 9.91. The molecule has 0 radical (unpaired) electrons. The summed E-state index contributed by atoms with van der Waals surface area (Å²) in [4.78, 5) is 12.5. The van der Waals surface area contributed by atoms with Gasteiger partial charge in [-0.05, 0) is 25.3 Å². The minimum atomic E-state index is -0.472. The molecule has 1 aliphatic carbocycles. The van der Waals surface area contributed by atoms with Gasteiger partial charge in [-0.25, -0.2) is 0 Å². The van der Waals surface area contributed by atoms with Gasteiger partial charge in [-0.1, -0.05) is 23.2 Å². The van der Waals surface area contributed by atoms with Crippen LogP contribution in [-0.4, -0.2) is 29.2 Å². The van der Waals surface area contributed by atoms with Crippen molar-refractivity contribution in [2.75, 3.05) is 18.1 Å². The van der Waals surface area contributed by atoms with Crippen LogP contribution in [0.25, 0.3) is 0 Å². The number of halogens is 2. The molecule has 0 aromatic heterocycles. The average Bonchev–Trinajstić information content (AvgIpc) is 2.29. The maximum Gasteiger partial charge on any atom is 0.294 e. The molecular formula is C12H14Cl2N2O3. The van der Waals surface area contributed by atoms with E-state index in [0.29, 0.717) is 12.2 Å². The van der Waals surface area contributed by atoms with Crippen LogP contribution in [0.1, 0.15) is 19.3 Å². The Hall–Kier alpha value is -1.04. The molecule has 104 valence electrons. The van der Waals surface area contributed by atoms with Crippen molar-refractivity contribution in [3.8, 4) is 0 Å². The lowest BCUT2D eigenvalue weighted by Gasteiger charge is -2.38. The average molecular weight is 305 g/mol. The van der Waals surface area contributed by atoms with E-state index in [1.54, 1.807) is 0 Å². The van der Waals surface area contributed by atoms with Crippen LogP contribution in [0.15, 0.2) is 12.1 Å². The molecule has 0 unspecified atom stereocenters. The fraction of sp³-hybridized carbons (Fsp3) is 0.500. The zero-order valence-electron chi connectivity index (χ0n) is 10.2. The van der Waals surface area contributed by atoms with Gasteiger partial charge in [0.2, 0.25) is 0 Å². The Balaban J connectivity index is 2.44. The smallest absolute Gasteiger partial charge is 0.294 e. The van der Waals surface area contributed by atoms with E-state index >= 15 is 0 Å². The number of aliphatic hydroxyl groups excluding tert-OH is 1. The summed E-state index contributed by atoms with van der Waals surface area (Å²) in [5.74, 6) is 0. The Morgan fingerprint density at radius 2 is 2.00 bits per heavy atom. The van der Waals surface area contributed by atoms with Crippen molar-refractivity contribution in [1.82, 2.24) is 0 Å². The molecule has 5 nitrogen and oxygen atoms in total. The van der Waals surface area contributed by atoms with Crippen LogP contribution in [0.3, 0.4) is 0 Å². The standard InChI is InChI=1S/C12H14Cl2N2O3/c13-9-6-11(12(16(18)19)7-10(9)14)15(4-5-17)8-2-1-3-8/h6-8,17H,1-5H2. The molecular weight excluding hydrogens is 291 g/mol. The third-order valence-electron chi connectivity index (χ3n) is 3.38. The topological polar surface area (TPSA) is 66.6 Å². The van der Waals surface area contributed by atoms with Crippen LogP contribution >= 0.6 is 23.2 Å². The minimum absolute atomic E-state index is 0.0616. The molecule has 7 heteroatoms. The second-order valence-electron chi connectivity index (χ2n) is 4.51. The lowest BCUT2D eigenvalue weighted by molar-refractivity contribution is -0.384. The number of nitrogens with zero attached hydrogens (tertiary/aromatic N) is 2. The third kappa shape index (κ3) is 2.94. The summed E-state index contributed by atoms with van der Waals surface area (Å²) in [5, 5.41) is 20.7. The summed E-state index contributed by atoms with van der Waals surface area (Å²) in [6.07, 6.45) is 3.04. The molecule has 0 saturated heterocycles. The van der Waals surface area contributed by atoms with Crippen molar-refractivity contribution in [2.24, 2.45) is 0 Å². The van der Waals surface area contributed by atoms with E-state index in [0.717, 1.165) is 19.3 Å². The molecule has 1 aliphatic rings. The molecule has 1 aromatic rings. The second-order valence-corrected chi connectivity index (χ2v) is 5.33. The monoisotopic (exact) mass is 304 g/mol. The number of anilines is 1. The fourth-order valence-corrected chi connectivity index (χ4v) is 2.52. The summed E-state index contributed by atoms with van der Waals surface area (Å²) in [7, 11) is 0. The first-order chi connectivity index (χ1) is 9.04. The zero-order valence-corrected chi connectivity index (χ0v) is 11.7. The van der Waals surface area contributed by atoms with E-state index in [1.807, 2.05) is 4.90 Å². The van der Waals surface area contributed by atoms with Crippen LogP contribution in [0, 0.1) is 10.1 Å². The molecule has 1 N–H and O–H groups in total. The van der Waals surface area contributed by atoms with Crippen molar-refractivity contribution >= 4 is 34.6 Å². The number of nitro groups is 1. The molecule has 0 aliphatic heterocycles. The quantitative estimate of drug-likeness (QED) is 0.670. The van der Waals surface area contributed by atoms with Crippen LogP contribution in [-0.2, 0) is 0 Å². The van der Waals surface area contributed by atoms with Gasteiger partial charge in [-0.3, -0.25) is 10.1 Å². The molecule has 1 saturated carbocycles. The normalized spacial score (nSPS) is 15.1. The van der Waals surface area contributed by atoms with Gasteiger partial charge >= 0.3 is 0 Å². The summed E-state index contributed by atoms with van der Waals surface area (Å²) in [6, 6.07) is 3.00. The highest BCUT2D eigenvalue weighted by molar-refractivity contribution is 6.42. The third-order valence-corrected chi connectivity index (χ3v) is 4.10. The highest BCUT2D eigenvalue weighted by Gasteiger charge is 2.30. The largest absolute Gasteiger partial charge is 0.395 e. The summed E-state index contributed by atoms with van der Waals surface area (Å²) in [6.45, 7) is 0.289. The molecule has 0 amide bonds. The Morgan fingerprint density at radius 1 is 1.37 bits per heavy atom. The molecule has 0 bridgehead atoms. The van der Waals surface area contributed by atoms with Gasteiger partial charge in [0.15, 0.2) is 0 Å². The highest BCUT2D eigenvalue weighted by atomic mass is 35.5. The Labute approximate surface area is 120 Å². The summed E-state index contributed by atoms with van der Waals surface area (Å²) >= 11 is 11.8. The van der Waals surface area contributed by atoms with E-state index in [4.69, 9.17) is 28.3 Å². The van der Waals surface area contributed by atoms with Gasteiger partial charge in [0.25, 0.3) is 5.69 Å². The number of hydrogen-bond donors (Lipinski definition) is 1. The van der Waals surface area contributed by atoms with E-state index in [9.17, 15) is 10.1 Å². The first-order valence-electron chi connectivity index (χ1n) is 6.05. The fourth-order valence-electron chi connectivity index (χ4n) is 2.21. The van der Waals surface area contributed by atoms with Gasteiger partial charge in [-0.15, -0.1) is 0 Å². The first-order valence-corrected chi connectivity index (χ1v) is 6.81. The van der Waals surface area contributed by atoms with Crippen molar-refractivity contribution in [3.63, 3.8) is 0 Å². The molecule has 1 fully saturated rings. The molecule has 0 heterocycles. The van der Waals surface area contributed by atoms with E-state index in [2.05, 4.69) is 0 Å². The van der Waals surface area contributed by atoms with Crippen LogP contribution in [0.4, 0.5) is 11.4 Å². The van der Waals surface area contributed by atoms with Gasteiger partial charge in [-0.2, -0.15) is 0 Å². The Morgan fingerprint density at radius 3 is 2.47 bits per heavy atom. The number of hydrogen-bond acceptors (Lipinski definition) is 4. The SMILES string of the molecule is O=[N+]([O-])c1cc(Cl)c(Cl)cc1N(CCO)C1CCC1. The van der Waals surface area contributed by atoms with Gasteiger partial charge in [0, 0.05) is 18.7 Å². The number of nitro benzene ring substituents is 1. The Kier molecular flexibility index (Phi) is 4.50. The van der Waals surface area contributed by atoms with Crippen LogP contribution < -0.4 is 4.90 Å². The number of benzene rings is 1. The number of aliphatic hydroxyl groups is 1. The van der Waals surface area contributed by atoms with E-state index < -0.39 is 4.92 Å². The van der Waals surface area contributed by atoms with E-state index in [1.165, 1.54) is 12.1 Å². The molecule has 1 aromatic carbocycles. The maximum absolute atomic E-state index is 11.1. The van der Waals surface area contributed by atoms with Gasteiger partial charge < -0.3 is 10.0 Å². The Bertz CT molecular complexity index is 492. The van der Waals surface area contributed by atoms with Crippen molar-refractivity contribution in [1.29, 1.82) is 0 Å². The summed E-state index contributed by atoms with van der Waals surface area (Å²) < 4.78 is 0. The first kappa shape index (κ1) is 14.4. The van der Waals surface area contributed by atoms with Gasteiger partial charge in [0.1, 0.15) is 5.69 Å². The molecule has 0 atom stereocenters. The van der Waals surface area contributed by atoms with Gasteiger partial charge in [0.05, 0.1) is 21.6 Å². The zero-order chi connectivity index (χ0) is 14.0. The van der Waals surface area contributed by atoms with Crippen molar-refractivity contribution in [2.45, 2.75) is 25.3 Å². The lowest BCUT2D eigenvalue weighted by Crippen LogP contribution is -2.42. The predicted octanol–water partition coefficient (Wildman–Crippen LogP) is 3.25. The molecule has 2 rings (SSSR count). The molecule has 19 heavy (non-hydrogen) atoms. The van der Waals surface area contributed by atoms with Crippen molar-refractivity contribution < 1.29 is 10.0 Å². The second kappa shape index (κ2) is 5.94. The molecule has 0 spiro atoms. The summed E-state index contributed by atoms with van der Waals surface area (Å²) in [5.41, 5.74) is 0.355. The minimum Gasteiger partial charge on any atom is -0.395 e. The highest BCUT2D eigenvalue weighted by Crippen LogP contribution is 2.39. The van der Waals surface area contributed by atoms with E-state index in [-0.39, 0.29) is 28.4 Å².